The van der Waals surface area contributed by atoms with Crippen molar-refractivity contribution in [2.75, 3.05) is 26.8 Å². The van der Waals surface area contributed by atoms with E-state index < -0.39 is 0 Å². The Bertz CT molecular complexity index is 495. The van der Waals surface area contributed by atoms with Crippen LogP contribution in [0.5, 0.6) is 11.5 Å². The molecule has 1 saturated heterocycles. The van der Waals surface area contributed by atoms with Crippen molar-refractivity contribution in [3.8, 4) is 11.5 Å². The van der Waals surface area contributed by atoms with E-state index in [0.717, 1.165) is 43.0 Å². The summed E-state index contributed by atoms with van der Waals surface area (Å²) in [5.74, 6) is 2.31. The molecule has 2 unspecified atom stereocenters. The van der Waals surface area contributed by atoms with E-state index in [-0.39, 0.29) is 11.7 Å². The molecule has 0 radical (unpaired) electrons. The summed E-state index contributed by atoms with van der Waals surface area (Å²) in [7, 11) is 1.77. The summed E-state index contributed by atoms with van der Waals surface area (Å²) in [5, 5.41) is 3.40. The fraction of sp³-hybridized carbons (Fsp3) is 0.647. The van der Waals surface area contributed by atoms with Gasteiger partial charge in [0.25, 0.3) is 0 Å². The van der Waals surface area contributed by atoms with Crippen LogP contribution in [-0.2, 0) is 4.74 Å². The van der Waals surface area contributed by atoms with Crippen LogP contribution in [0.25, 0.3) is 0 Å². The van der Waals surface area contributed by atoms with Gasteiger partial charge in [0.1, 0.15) is 17.1 Å². The average Bonchev–Trinajstić information content (AvgIpc) is 2.91. The Labute approximate surface area is 126 Å². The molecule has 0 saturated carbocycles. The van der Waals surface area contributed by atoms with Gasteiger partial charge in [0.05, 0.1) is 18.3 Å². The lowest BCUT2D eigenvalue weighted by Gasteiger charge is -2.39. The van der Waals surface area contributed by atoms with E-state index in [1.54, 1.807) is 7.11 Å². The fourth-order valence-electron chi connectivity index (χ4n) is 3.21. The first-order valence-corrected chi connectivity index (χ1v) is 7.82. The molecule has 1 N–H and O–H groups in total. The van der Waals surface area contributed by atoms with Crippen LogP contribution in [0.4, 0.5) is 0 Å². The van der Waals surface area contributed by atoms with Crippen molar-refractivity contribution in [3.63, 3.8) is 0 Å². The van der Waals surface area contributed by atoms with Crippen molar-refractivity contribution < 1.29 is 14.2 Å². The molecule has 4 heteroatoms. The molecule has 2 aliphatic rings. The molecule has 4 nitrogen and oxygen atoms in total. The topological polar surface area (TPSA) is 39.7 Å². The Hall–Kier alpha value is -1.26. The summed E-state index contributed by atoms with van der Waals surface area (Å²) in [5.41, 5.74) is 0.947. The molecular weight excluding hydrogens is 266 g/mol. The standard InChI is InChI=1S/C17H25NO3/c1-12(2)10-20-13-5-4-6-14-16(13)15(19-3)9-17(21-14)7-8-18-11-17/h4-6,12,15,18H,7-11H2,1-3H3. The van der Waals surface area contributed by atoms with Crippen molar-refractivity contribution in [1.82, 2.24) is 5.32 Å². The second-order valence-corrected chi connectivity index (χ2v) is 6.51. The number of hydrogen-bond donors (Lipinski definition) is 1. The smallest absolute Gasteiger partial charge is 0.129 e. The molecule has 2 heterocycles. The molecular formula is C17H25NO3. The number of nitrogens with one attached hydrogen (secondary N) is 1. The highest BCUT2D eigenvalue weighted by Crippen LogP contribution is 2.47. The lowest BCUT2D eigenvalue weighted by molar-refractivity contribution is -0.0220. The summed E-state index contributed by atoms with van der Waals surface area (Å²) < 4.78 is 18.1. The van der Waals surface area contributed by atoms with Gasteiger partial charge < -0.3 is 19.5 Å². The van der Waals surface area contributed by atoms with E-state index in [2.05, 4.69) is 19.2 Å². The van der Waals surface area contributed by atoms with Crippen LogP contribution in [0.15, 0.2) is 18.2 Å². The second-order valence-electron chi connectivity index (χ2n) is 6.51. The Morgan fingerprint density at radius 1 is 1.43 bits per heavy atom. The maximum absolute atomic E-state index is 6.34. The molecule has 1 fully saturated rings. The molecule has 3 rings (SSSR count). The minimum Gasteiger partial charge on any atom is -0.493 e. The van der Waals surface area contributed by atoms with Crippen LogP contribution in [0, 0.1) is 5.92 Å². The summed E-state index contributed by atoms with van der Waals surface area (Å²) in [6.45, 7) is 6.91. The van der Waals surface area contributed by atoms with Crippen LogP contribution in [0.2, 0.25) is 0 Å². The molecule has 1 aromatic carbocycles. The van der Waals surface area contributed by atoms with Crippen LogP contribution < -0.4 is 14.8 Å². The number of rotatable bonds is 4. The van der Waals surface area contributed by atoms with Crippen molar-refractivity contribution >= 4 is 0 Å². The van der Waals surface area contributed by atoms with E-state index in [4.69, 9.17) is 14.2 Å². The zero-order chi connectivity index (χ0) is 14.9. The van der Waals surface area contributed by atoms with Gasteiger partial charge in [-0.1, -0.05) is 19.9 Å². The SMILES string of the molecule is COC1CC2(CCNC2)Oc2cccc(OCC(C)C)c21. The van der Waals surface area contributed by atoms with Crippen LogP contribution in [0.3, 0.4) is 0 Å². The van der Waals surface area contributed by atoms with Gasteiger partial charge in [-0.3, -0.25) is 0 Å². The van der Waals surface area contributed by atoms with E-state index in [1.807, 2.05) is 18.2 Å². The van der Waals surface area contributed by atoms with Crippen molar-refractivity contribution in [1.29, 1.82) is 0 Å². The first kappa shape index (κ1) is 14.7. The highest BCUT2D eigenvalue weighted by Gasteiger charge is 2.44. The van der Waals surface area contributed by atoms with Gasteiger partial charge in [-0.25, -0.2) is 0 Å². The number of methoxy groups -OCH3 is 1. The number of fused-ring (bicyclic) bond motifs is 1. The summed E-state index contributed by atoms with van der Waals surface area (Å²) >= 11 is 0. The number of ether oxygens (including phenoxy) is 3. The Morgan fingerprint density at radius 2 is 2.29 bits per heavy atom. The summed E-state index contributed by atoms with van der Waals surface area (Å²) in [6.07, 6.45) is 1.95. The second kappa shape index (κ2) is 5.85. The van der Waals surface area contributed by atoms with Gasteiger partial charge in [0.2, 0.25) is 0 Å². The van der Waals surface area contributed by atoms with Gasteiger partial charge >= 0.3 is 0 Å². The highest BCUT2D eigenvalue weighted by atomic mass is 16.5. The maximum Gasteiger partial charge on any atom is 0.129 e. The summed E-state index contributed by atoms with van der Waals surface area (Å²) in [6, 6.07) is 6.05. The molecule has 1 aromatic rings. The third-order valence-electron chi connectivity index (χ3n) is 4.29. The molecule has 116 valence electrons. The van der Waals surface area contributed by atoms with Gasteiger partial charge in [0.15, 0.2) is 0 Å². The van der Waals surface area contributed by atoms with Crippen molar-refractivity contribution in [2.24, 2.45) is 5.92 Å². The first-order valence-electron chi connectivity index (χ1n) is 7.82. The molecule has 0 bridgehead atoms. The lowest BCUT2D eigenvalue weighted by atomic mass is 9.87. The minimum atomic E-state index is -0.121. The Balaban J connectivity index is 1.91. The first-order chi connectivity index (χ1) is 10.1. The van der Waals surface area contributed by atoms with Crippen LogP contribution >= 0.6 is 0 Å². The number of benzene rings is 1. The normalized spacial score (nSPS) is 27.7. The lowest BCUT2D eigenvalue weighted by Crippen LogP contribution is -2.43. The zero-order valence-electron chi connectivity index (χ0n) is 13.1. The van der Waals surface area contributed by atoms with E-state index in [0.29, 0.717) is 12.5 Å². The molecule has 0 aromatic heterocycles. The quantitative estimate of drug-likeness (QED) is 0.926. The average molecular weight is 291 g/mol. The van der Waals surface area contributed by atoms with E-state index in [1.165, 1.54) is 0 Å². The molecule has 1 spiro atoms. The van der Waals surface area contributed by atoms with Gasteiger partial charge in [-0.05, 0) is 24.6 Å². The maximum atomic E-state index is 6.34. The highest BCUT2D eigenvalue weighted by molar-refractivity contribution is 5.48. The predicted molar refractivity (Wildman–Crippen MR) is 82.0 cm³/mol. The van der Waals surface area contributed by atoms with Gasteiger partial charge in [-0.15, -0.1) is 0 Å². The Kier molecular flexibility index (Phi) is 4.09. The van der Waals surface area contributed by atoms with Gasteiger partial charge in [-0.2, -0.15) is 0 Å². The third-order valence-corrected chi connectivity index (χ3v) is 4.29. The van der Waals surface area contributed by atoms with Crippen molar-refractivity contribution in [3.05, 3.63) is 23.8 Å². The minimum absolute atomic E-state index is 0.0389. The van der Waals surface area contributed by atoms with Gasteiger partial charge in [0, 0.05) is 26.5 Å². The molecule has 21 heavy (non-hydrogen) atoms. The summed E-state index contributed by atoms with van der Waals surface area (Å²) in [4.78, 5) is 0. The molecule has 0 aliphatic carbocycles. The number of hydrogen-bond acceptors (Lipinski definition) is 4. The largest absolute Gasteiger partial charge is 0.493 e. The van der Waals surface area contributed by atoms with Crippen LogP contribution in [-0.4, -0.2) is 32.4 Å². The zero-order valence-corrected chi connectivity index (χ0v) is 13.1. The molecule has 2 aliphatic heterocycles. The van der Waals surface area contributed by atoms with Crippen LogP contribution in [0.1, 0.15) is 38.4 Å². The molecule has 2 atom stereocenters. The monoisotopic (exact) mass is 291 g/mol. The Morgan fingerprint density at radius 3 is 2.95 bits per heavy atom. The van der Waals surface area contributed by atoms with E-state index in [9.17, 15) is 0 Å². The van der Waals surface area contributed by atoms with E-state index >= 15 is 0 Å². The molecule has 0 amide bonds. The fourth-order valence-corrected chi connectivity index (χ4v) is 3.21. The predicted octanol–water partition coefficient (Wildman–Crippen LogP) is 2.92. The third kappa shape index (κ3) is 2.87. The van der Waals surface area contributed by atoms with Crippen molar-refractivity contribution in [2.45, 2.75) is 38.4 Å².